The molecule has 0 bridgehead atoms. The highest BCUT2D eigenvalue weighted by atomic mass is 16.6. The van der Waals surface area contributed by atoms with Crippen LogP contribution < -0.4 is 11.5 Å². The minimum absolute atomic E-state index is 0.0671. The average molecular weight is 328 g/mol. The van der Waals surface area contributed by atoms with Crippen molar-refractivity contribution in [2.75, 3.05) is 6.54 Å². The van der Waals surface area contributed by atoms with E-state index >= 15 is 0 Å². The number of phenols is 1. The summed E-state index contributed by atoms with van der Waals surface area (Å²) in [4.78, 5) is 41.5. The fraction of sp³-hybridized carbons (Fsp3) is 0.231. The van der Waals surface area contributed by atoms with Gasteiger partial charge in [0.1, 0.15) is 17.4 Å². The van der Waals surface area contributed by atoms with Crippen molar-refractivity contribution >= 4 is 23.9 Å². The summed E-state index contributed by atoms with van der Waals surface area (Å²) in [6, 6.07) is 4.45. The zero-order chi connectivity index (χ0) is 18.0. The second-order valence-electron chi connectivity index (χ2n) is 4.02. The zero-order valence-electron chi connectivity index (χ0n) is 11.8. The molecule has 0 amide bonds. The fourth-order valence-corrected chi connectivity index (χ4v) is 1.13. The number of carbonyl (C=O) groups excluding carboxylic acids is 2. The van der Waals surface area contributed by atoms with Gasteiger partial charge in [0.25, 0.3) is 0 Å². The molecule has 1 atom stereocenters. The van der Waals surface area contributed by atoms with Crippen molar-refractivity contribution < 1.29 is 39.2 Å². The molecule has 1 aromatic carbocycles. The minimum Gasteiger partial charge on any atom is -0.507 e. The number of aromatic carboxylic acids is 1. The second kappa shape index (κ2) is 9.87. The second-order valence-corrected chi connectivity index (χ2v) is 4.02. The number of carboxylic acids is 2. The Morgan fingerprint density at radius 1 is 1.09 bits per heavy atom. The summed E-state index contributed by atoms with van der Waals surface area (Å²) in [5, 5.41) is 25.6. The number of aliphatic carboxylic acids is 1. The highest BCUT2D eigenvalue weighted by molar-refractivity contribution is 5.90. The summed E-state index contributed by atoms with van der Waals surface area (Å²) in [7, 11) is 0. The van der Waals surface area contributed by atoms with E-state index in [1.54, 1.807) is 12.1 Å². The van der Waals surface area contributed by atoms with E-state index in [9.17, 15) is 19.2 Å². The van der Waals surface area contributed by atoms with Crippen LogP contribution in [0.3, 0.4) is 0 Å². The molecule has 126 valence electrons. The molecule has 1 aromatic rings. The van der Waals surface area contributed by atoms with Gasteiger partial charge in [0.2, 0.25) is 0 Å². The minimum atomic E-state index is -1.36. The summed E-state index contributed by atoms with van der Waals surface area (Å²) in [6.45, 7) is -0.436. The number of esters is 2. The first-order valence-electron chi connectivity index (χ1n) is 6.12. The van der Waals surface area contributed by atoms with Crippen LogP contribution in [0.5, 0.6) is 5.75 Å². The van der Waals surface area contributed by atoms with Crippen LogP contribution in [0.2, 0.25) is 0 Å². The van der Waals surface area contributed by atoms with Crippen LogP contribution in [0.15, 0.2) is 24.3 Å². The molecule has 0 saturated carbocycles. The summed E-state index contributed by atoms with van der Waals surface area (Å²) in [5.74, 6) is -4.56. The molecule has 0 unspecified atom stereocenters. The molecule has 0 fully saturated rings. The molecule has 10 heteroatoms. The molecule has 0 aliphatic rings. The number of benzene rings is 1. The summed E-state index contributed by atoms with van der Waals surface area (Å²) in [6.07, 6.45) is -0.554. The van der Waals surface area contributed by atoms with Crippen LogP contribution in [0, 0.1) is 0 Å². The maximum atomic E-state index is 10.7. The summed E-state index contributed by atoms with van der Waals surface area (Å²) >= 11 is 0. The van der Waals surface area contributed by atoms with Gasteiger partial charge < -0.3 is 31.5 Å². The number of hydrogen-bond donors (Lipinski definition) is 5. The van der Waals surface area contributed by atoms with Crippen molar-refractivity contribution in [2.45, 2.75) is 12.5 Å². The van der Waals surface area contributed by atoms with Gasteiger partial charge in [-0.05, 0) is 12.1 Å². The van der Waals surface area contributed by atoms with E-state index in [-0.39, 0.29) is 11.3 Å². The normalized spacial score (nSPS) is 10.7. The van der Waals surface area contributed by atoms with Gasteiger partial charge >= 0.3 is 23.9 Å². The number of aromatic hydroxyl groups is 1. The lowest BCUT2D eigenvalue weighted by atomic mass is 10.2. The standard InChI is InChI=1S/C7H6O3.C6H10N2O5/c8-6-4-2-1-3-5(6)7(9)10;7-2-5(10)13-4(9)1-3(8)6(11)12/h1-4,8H,(H,9,10);3H,1-2,7-8H2,(H,11,12)/t;3-/m.0/s1. The molecule has 0 aromatic heterocycles. The fourth-order valence-electron chi connectivity index (χ4n) is 1.13. The van der Waals surface area contributed by atoms with E-state index < -0.39 is 42.9 Å². The Morgan fingerprint density at radius 3 is 2.04 bits per heavy atom. The van der Waals surface area contributed by atoms with Gasteiger partial charge in [-0.15, -0.1) is 0 Å². The van der Waals surface area contributed by atoms with E-state index in [1.807, 2.05) is 0 Å². The maximum Gasteiger partial charge on any atom is 0.339 e. The highest BCUT2D eigenvalue weighted by Gasteiger charge is 2.18. The Hall–Kier alpha value is -2.98. The summed E-state index contributed by atoms with van der Waals surface area (Å²) < 4.78 is 4.07. The van der Waals surface area contributed by atoms with Crippen molar-refractivity contribution in [1.82, 2.24) is 0 Å². The number of rotatable bonds is 5. The van der Waals surface area contributed by atoms with Gasteiger partial charge in [-0.2, -0.15) is 0 Å². The predicted octanol–water partition coefficient (Wildman–Crippen LogP) is -1.09. The monoisotopic (exact) mass is 328 g/mol. The number of ether oxygens (including phenoxy) is 1. The SMILES string of the molecule is NCC(=O)OC(=O)C[C@H](N)C(=O)O.O=C(O)c1ccccc1O. The molecule has 1 rings (SSSR count). The van der Waals surface area contributed by atoms with Gasteiger partial charge in [-0.1, -0.05) is 12.1 Å². The smallest absolute Gasteiger partial charge is 0.339 e. The molecule has 0 saturated heterocycles. The molecule has 23 heavy (non-hydrogen) atoms. The van der Waals surface area contributed by atoms with Crippen LogP contribution in [-0.2, 0) is 19.1 Å². The lowest BCUT2D eigenvalue weighted by Gasteiger charge is -2.04. The first-order chi connectivity index (χ1) is 10.7. The van der Waals surface area contributed by atoms with E-state index in [2.05, 4.69) is 4.74 Å². The van der Waals surface area contributed by atoms with Crippen molar-refractivity contribution in [1.29, 1.82) is 0 Å². The molecular formula is C13H16N2O8. The largest absolute Gasteiger partial charge is 0.507 e. The highest BCUT2D eigenvalue weighted by Crippen LogP contribution is 2.14. The van der Waals surface area contributed by atoms with Gasteiger partial charge in [0, 0.05) is 0 Å². The first-order valence-corrected chi connectivity index (χ1v) is 6.12. The summed E-state index contributed by atoms with van der Waals surface area (Å²) in [5.41, 5.74) is 9.76. The number of hydrogen-bond acceptors (Lipinski definition) is 8. The van der Waals surface area contributed by atoms with Gasteiger partial charge in [-0.25, -0.2) is 4.79 Å². The van der Waals surface area contributed by atoms with Crippen molar-refractivity contribution in [3.8, 4) is 5.75 Å². The lowest BCUT2D eigenvalue weighted by molar-refractivity contribution is -0.160. The third kappa shape index (κ3) is 8.14. The maximum absolute atomic E-state index is 10.7. The zero-order valence-corrected chi connectivity index (χ0v) is 11.8. The molecule has 0 aliphatic carbocycles. The Morgan fingerprint density at radius 2 is 1.65 bits per heavy atom. The predicted molar refractivity (Wildman–Crippen MR) is 75.4 cm³/mol. The van der Waals surface area contributed by atoms with Crippen LogP contribution in [0.4, 0.5) is 0 Å². The van der Waals surface area contributed by atoms with Crippen molar-refractivity contribution in [3.05, 3.63) is 29.8 Å². The third-order valence-electron chi connectivity index (χ3n) is 2.23. The van der Waals surface area contributed by atoms with Gasteiger partial charge in [-0.3, -0.25) is 14.4 Å². The van der Waals surface area contributed by atoms with E-state index in [4.69, 9.17) is 26.8 Å². The molecular weight excluding hydrogens is 312 g/mol. The topological polar surface area (TPSA) is 190 Å². The van der Waals surface area contributed by atoms with Crippen molar-refractivity contribution in [3.63, 3.8) is 0 Å². The Bertz CT molecular complexity index is 587. The van der Waals surface area contributed by atoms with Crippen LogP contribution in [0.25, 0.3) is 0 Å². The van der Waals surface area contributed by atoms with Crippen molar-refractivity contribution in [2.24, 2.45) is 11.5 Å². The van der Waals surface area contributed by atoms with Crippen LogP contribution >= 0.6 is 0 Å². The molecule has 0 spiro atoms. The molecule has 10 nitrogen and oxygen atoms in total. The molecule has 0 heterocycles. The Balaban J connectivity index is 0.000000433. The number of carboxylic acid groups (broad SMARTS) is 2. The Kier molecular flexibility index (Phi) is 8.59. The van der Waals surface area contributed by atoms with E-state index in [0.29, 0.717) is 0 Å². The first kappa shape index (κ1) is 20.0. The number of para-hydroxylation sites is 1. The number of nitrogens with two attached hydrogens (primary N) is 2. The molecule has 0 aliphatic heterocycles. The van der Waals surface area contributed by atoms with Crippen LogP contribution in [0.1, 0.15) is 16.8 Å². The lowest BCUT2D eigenvalue weighted by Crippen LogP contribution is -2.34. The third-order valence-corrected chi connectivity index (χ3v) is 2.23. The average Bonchev–Trinajstić information content (AvgIpc) is 2.47. The van der Waals surface area contributed by atoms with E-state index in [0.717, 1.165) is 0 Å². The van der Waals surface area contributed by atoms with E-state index in [1.165, 1.54) is 12.1 Å². The Labute approximate surface area is 130 Å². The van der Waals surface area contributed by atoms with Gasteiger partial charge in [0.15, 0.2) is 0 Å². The quantitative estimate of drug-likeness (QED) is 0.327. The molecule has 7 N–H and O–H groups in total. The number of carbonyl (C=O) groups is 4. The van der Waals surface area contributed by atoms with Gasteiger partial charge in [0.05, 0.1) is 13.0 Å². The molecule has 0 radical (unpaired) electrons. The van der Waals surface area contributed by atoms with Crippen LogP contribution in [-0.4, -0.2) is 51.8 Å².